The van der Waals surface area contributed by atoms with E-state index in [4.69, 9.17) is 9.84 Å². The molecule has 4 heteroatoms. The van der Waals surface area contributed by atoms with Crippen LogP contribution in [0.25, 0.3) is 0 Å². The van der Waals surface area contributed by atoms with Gasteiger partial charge < -0.3 is 14.6 Å². The molecular formula is C10H10O4. The lowest BCUT2D eigenvalue weighted by Crippen LogP contribution is -2.27. The maximum absolute atomic E-state index is 10.3. The average Bonchev–Trinajstić information content (AvgIpc) is 2.17. The lowest BCUT2D eigenvalue weighted by Gasteiger charge is -2.24. The third-order valence-electron chi connectivity index (χ3n) is 2.11. The van der Waals surface area contributed by atoms with Crippen LogP contribution in [0.15, 0.2) is 24.3 Å². The summed E-state index contributed by atoms with van der Waals surface area (Å²) < 4.78 is 9.88. The lowest BCUT2D eigenvalue weighted by molar-refractivity contribution is -0.0634. The molecule has 0 fully saturated rings. The van der Waals surface area contributed by atoms with E-state index in [-0.39, 0.29) is 0 Å². The van der Waals surface area contributed by atoms with Crippen LogP contribution in [0, 0.1) is 0 Å². The zero-order valence-electron chi connectivity index (χ0n) is 7.47. The molecule has 0 aromatic heterocycles. The van der Waals surface area contributed by atoms with Gasteiger partial charge in [-0.1, -0.05) is 18.2 Å². The number of rotatable bonds is 1. The van der Waals surface area contributed by atoms with Gasteiger partial charge in [-0.3, -0.25) is 0 Å². The van der Waals surface area contributed by atoms with Gasteiger partial charge in [0.1, 0.15) is 5.75 Å². The quantitative estimate of drug-likeness (QED) is 0.695. The molecule has 0 spiro atoms. The number of fused-ring (bicyclic) bond motifs is 1. The van der Waals surface area contributed by atoms with Crippen LogP contribution in [0.2, 0.25) is 0 Å². The van der Waals surface area contributed by atoms with E-state index in [1.165, 1.54) is 0 Å². The first-order valence-electron chi connectivity index (χ1n) is 4.40. The Hall–Kier alpha value is -1.71. The van der Waals surface area contributed by atoms with Crippen molar-refractivity contribution in [2.45, 2.75) is 19.1 Å². The number of para-hydroxylation sites is 1. The Kier molecular flexibility index (Phi) is 2.26. The molecule has 1 heterocycles. The maximum Gasteiger partial charge on any atom is 0.508 e. The van der Waals surface area contributed by atoms with Gasteiger partial charge in [0.25, 0.3) is 0 Å². The van der Waals surface area contributed by atoms with Gasteiger partial charge in [0.05, 0.1) is 0 Å². The average molecular weight is 194 g/mol. The second kappa shape index (κ2) is 3.57. The Balaban J connectivity index is 2.09. The molecule has 14 heavy (non-hydrogen) atoms. The SMILES string of the molecule is O=C(O)O[C@@H]1CCc2ccccc2O1. The van der Waals surface area contributed by atoms with Gasteiger partial charge in [-0.05, 0) is 18.1 Å². The van der Waals surface area contributed by atoms with E-state index >= 15 is 0 Å². The third-order valence-corrected chi connectivity index (χ3v) is 2.11. The maximum atomic E-state index is 10.3. The minimum atomic E-state index is -1.30. The zero-order chi connectivity index (χ0) is 9.97. The van der Waals surface area contributed by atoms with Crippen LogP contribution >= 0.6 is 0 Å². The normalized spacial score (nSPS) is 19.3. The summed E-state index contributed by atoms with van der Waals surface area (Å²) in [5, 5.41) is 8.41. The van der Waals surface area contributed by atoms with Crippen molar-refractivity contribution in [3.63, 3.8) is 0 Å². The second-order valence-corrected chi connectivity index (χ2v) is 3.08. The molecule has 1 aromatic rings. The van der Waals surface area contributed by atoms with Gasteiger partial charge in [0.2, 0.25) is 6.29 Å². The van der Waals surface area contributed by atoms with Gasteiger partial charge >= 0.3 is 6.16 Å². The van der Waals surface area contributed by atoms with Crippen LogP contribution < -0.4 is 4.74 Å². The van der Waals surface area contributed by atoms with Gasteiger partial charge in [-0.15, -0.1) is 0 Å². The monoisotopic (exact) mass is 194 g/mol. The molecule has 4 nitrogen and oxygen atoms in total. The summed E-state index contributed by atoms with van der Waals surface area (Å²) >= 11 is 0. The Morgan fingerprint density at radius 3 is 3.07 bits per heavy atom. The second-order valence-electron chi connectivity index (χ2n) is 3.08. The molecule has 0 bridgehead atoms. The summed E-state index contributed by atoms with van der Waals surface area (Å²) in [6.07, 6.45) is -0.603. The summed E-state index contributed by atoms with van der Waals surface area (Å²) in [6.45, 7) is 0. The molecule has 2 rings (SSSR count). The molecule has 0 amide bonds. The predicted molar refractivity (Wildman–Crippen MR) is 48.3 cm³/mol. The highest BCUT2D eigenvalue weighted by Crippen LogP contribution is 2.27. The van der Waals surface area contributed by atoms with Crippen molar-refractivity contribution in [2.75, 3.05) is 0 Å². The zero-order valence-corrected chi connectivity index (χ0v) is 7.47. The van der Waals surface area contributed by atoms with Crippen molar-refractivity contribution >= 4 is 6.16 Å². The Morgan fingerprint density at radius 2 is 2.29 bits per heavy atom. The highest BCUT2D eigenvalue weighted by molar-refractivity contribution is 5.57. The molecule has 0 saturated heterocycles. The first kappa shape index (κ1) is 8.87. The van der Waals surface area contributed by atoms with E-state index in [9.17, 15) is 4.79 Å². The summed E-state index contributed by atoms with van der Waals surface area (Å²) in [7, 11) is 0. The van der Waals surface area contributed by atoms with Crippen molar-refractivity contribution in [3.8, 4) is 5.75 Å². The van der Waals surface area contributed by atoms with E-state index in [0.29, 0.717) is 12.2 Å². The highest BCUT2D eigenvalue weighted by atomic mass is 16.8. The summed E-state index contributed by atoms with van der Waals surface area (Å²) in [5.74, 6) is 0.713. The fraction of sp³-hybridized carbons (Fsp3) is 0.300. The molecular weight excluding hydrogens is 184 g/mol. The van der Waals surface area contributed by atoms with Crippen LogP contribution in [-0.4, -0.2) is 17.6 Å². The summed E-state index contributed by atoms with van der Waals surface area (Å²) in [4.78, 5) is 10.3. The van der Waals surface area contributed by atoms with Gasteiger partial charge in [0, 0.05) is 6.42 Å². The first-order chi connectivity index (χ1) is 6.75. The molecule has 1 aliphatic rings. The summed E-state index contributed by atoms with van der Waals surface area (Å²) in [6, 6.07) is 7.56. The highest BCUT2D eigenvalue weighted by Gasteiger charge is 2.21. The topological polar surface area (TPSA) is 55.8 Å². The molecule has 1 atom stereocenters. The van der Waals surface area contributed by atoms with E-state index in [2.05, 4.69) is 4.74 Å². The largest absolute Gasteiger partial charge is 0.508 e. The lowest BCUT2D eigenvalue weighted by atomic mass is 10.1. The van der Waals surface area contributed by atoms with Crippen LogP contribution in [0.1, 0.15) is 12.0 Å². The minimum Gasteiger partial charge on any atom is -0.454 e. The van der Waals surface area contributed by atoms with Crippen LogP contribution in [0.5, 0.6) is 5.75 Å². The number of hydrogen-bond donors (Lipinski definition) is 1. The Morgan fingerprint density at radius 1 is 1.50 bits per heavy atom. The molecule has 1 aromatic carbocycles. The number of ether oxygens (including phenoxy) is 2. The summed E-state index contributed by atoms with van der Waals surface area (Å²) in [5.41, 5.74) is 1.10. The standard InChI is InChI=1S/C10H10O4/c11-10(12)14-9-6-5-7-3-1-2-4-8(7)13-9/h1-4,9H,5-6H2,(H,11,12)/t9-/m1/s1. The van der Waals surface area contributed by atoms with Gasteiger partial charge in [-0.25, -0.2) is 4.79 Å². The Labute approximate surface area is 81.1 Å². The van der Waals surface area contributed by atoms with Crippen molar-refractivity contribution in [3.05, 3.63) is 29.8 Å². The Bertz CT molecular complexity index is 348. The van der Waals surface area contributed by atoms with E-state index in [1.807, 2.05) is 24.3 Å². The predicted octanol–water partition coefficient (Wildman–Crippen LogP) is 2.03. The molecule has 1 N–H and O–H groups in total. The molecule has 0 saturated carbocycles. The smallest absolute Gasteiger partial charge is 0.454 e. The van der Waals surface area contributed by atoms with Crippen LogP contribution in [-0.2, 0) is 11.2 Å². The molecule has 0 unspecified atom stereocenters. The van der Waals surface area contributed by atoms with Gasteiger partial charge in [0.15, 0.2) is 0 Å². The van der Waals surface area contributed by atoms with E-state index in [0.717, 1.165) is 12.0 Å². The minimum absolute atomic E-state index is 0.573. The van der Waals surface area contributed by atoms with Crippen LogP contribution in [0.4, 0.5) is 4.79 Å². The molecule has 0 radical (unpaired) electrons. The van der Waals surface area contributed by atoms with Crippen molar-refractivity contribution in [1.29, 1.82) is 0 Å². The van der Waals surface area contributed by atoms with Gasteiger partial charge in [-0.2, -0.15) is 0 Å². The molecule has 0 aliphatic carbocycles. The number of benzene rings is 1. The van der Waals surface area contributed by atoms with Crippen molar-refractivity contribution in [2.24, 2.45) is 0 Å². The first-order valence-corrected chi connectivity index (χ1v) is 4.40. The number of aryl methyl sites for hydroxylation is 1. The number of hydrogen-bond acceptors (Lipinski definition) is 3. The molecule has 1 aliphatic heterocycles. The number of carbonyl (C=O) groups is 1. The third kappa shape index (κ3) is 1.79. The fourth-order valence-corrected chi connectivity index (χ4v) is 1.49. The van der Waals surface area contributed by atoms with E-state index in [1.54, 1.807) is 0 Å². The molecule has 74 valence electrons. The number of carboxylic acid groups (broad SMARTS) is 1. The van der Waals surface area contributed by atoms with Crippen molar-refractivity contribution < 1.29 is 19.4 Å². The fourth-order valence-electron chi connectivity index (χ4n) is 1.49. The van der Waals surface area contributed by atoms with E-state index < -0.39 is 12.4 Å². The van der Waals surface area contributed by atoms with Crippen molar-refractivity contribution in [1.82, 2.24) is 0 Å². The van der Waals surface area contributed by atoms with Crippen LogP contribution in [0.3, 0.4) is 0 Å².